The van der Waals surface area contributed by atoms with Crippen LogP contribution in [0.3, 0.4) is 0 Å². The Morgan fingerprint density at radius 3 is 2.91 bits per heavy atom. The van der Waals surface area contributed by atoms with E-state index in [4.69, 9.17) is 0 Å². The van der Waals surface area contributed by atoms with Crippen LogP contribution in [0.1, 0.15) is 21.6 Å². The van der Waals surface area contributed by atoms with E-state index in [9.17, 15) is 9.59 Å². The van der Waals surface area contributed by atoms with Gasteiger partial charge in [-0.2, -0.15) is 15.4 Å². The minimum absolute atomic E-state index is 0.0513. The zero-order valence-corrected chi connectivity index (χ0v) is 12.3. The van der Waals surface area contributed by atoms with Crippen LogP contribution in [0.5, 0.6) is 0 Å². The maximum Gasteiger partial charge on any atom is 0.276 e. The van der Waals surface area contributed by atoms with Gasteiger partial charge in [0.15, 0.2) is 5.69 Å². The molecule has 0 unspecified atom stereocenters. The standard InChI is InChI=1S/C15H17N5O2/c1-11-3-2-4-12(7-11)9-19-5-6-20(10-14(19)21)15(22)13-8-16-18-17-13/h2-4,7-8H,5-6,9-10H2,1H3,(H,16,17,18). The van der Waals surface area contributed by atoms with Gasteiger partial charge in [-0.05, 0) is 12.5 Å². The van der Waals surface area contributed by atoms with E-state index in [1.807, 2.05) is 25.1 Å². The van der Waals surface area contributed by atoms with Crippen molar-refractivity contribution in [2.24, 2.45) is 0 Å². The second-order valence-corrected chi connectivity index (χ2v) is 5.39. The summed E-state index contributed by atoms with van der Waals surface area (Å²) in [5.41, 5.74) is 2.51. The zero-order valence-electron chi connectivity index (χ0n) is 12.3. The molecule has 7 heteroatoms. The fourth-order valence-electron chi connectivity index (χ4n) is 2.55. The molecule has 0 aliphatic carbocycles. The monoisotopic (exact) mass is 299 g/mol. The fourth-order valence-corrected chi connectivity index (χ4v) is 2.55. The van der Waals surface area contributed by atoms with Crippen LogP contribution in [-0.2, 0) is 11.3 Å². The number of carbonyl (C=O) groups is 2. The first-order chi connectivity index (χ1) is 10.6. The van der Waals surface area contributed by atoms with E-state index in [1.54, 1.807) is 4.90 Å². The number of H-pyrrole nitrogens is 1. The van der Waals surface area contributed by atoms with Gasteiger partial charge in [0.1, 0.15) is 6.54 Å². The summed E-state index contributed by atoms with van der Waals surface area (Å²) in [5.74, 6) is -0.318. The van der Waals surface area contributed by atoms with E-state index in [0.717, 1.165) is 5.56 Å². The van der Waals surface area contributed by atoms with Gasteiger partial charge in [-0.25, -0.2) is 0 Å². The molecule has 1 aliphatic rings. The molecular formula is C15H17N5O2. The normalized spacial score (nSPS) is 15.2. The van der Waals surface area contributed by atoms with Gasteiger partial charge in [0, 0.05) is 19.6 Å². The molecule has 1 aromatic carbocycles. The lowest BCUT2D eigenvalue weighted by atomic mass is 10.1. The molecule has 1 fully saturated rings. The van der Waals surface area contributed by atoms with Crippen molar-refractivity contribution in [1.82, 2.24) is 25.2 Å². The van der Waals surface area contributed by atoms with Crippen molar-refractivity contribution in [2.45, 2.75) is 13.5 Å². The summed E-state index contributed by atoms with van der Waals surface area (Å²) in [5, 5.41) is 9.78. The fraction of sp³-hybridized carbons (Fsp3) is 0.333. The van der Waals surface area contributed by atoms with E-state index in [-0.39, 0.29) is 24.1 Å². The van der Waals surface area contributed by atoms with Crippen molar-refractivity contribution >= 4 is 11.8 Å². The third kappa shape index (κ3) is 2.98. The summed E-state index contributed by atoms with van der Waals surface area (Å²) in [6, 6.07) is 8.09. The Balaban J connectivity index is 1.63. The van der Waals surface area contributed by atoms with Crippen LogP contribution >= 0.6 is 0 Å². The molecule has 0 spiro atoms. The van der Waals surface area contributed by atoms with Gasteiger partial charge in [0.05, 0.1) is 6.20 Å². The number of hydrogen-bond donors (Lipinski definition) is 1. The van der Waals surface area contributed by atoms with Crippen molar-refractivity contribution in [3.05, 3.63) is 47.3 Å². The average Bonchev–Trinajstić information content (AvgIpc) is 3.03. The highest BCUT2D eigenvalue weighted by Gasteiger charge is 2.28. The van der Waals surface area contributed by atoms with Crippen LogP contribution in [0.2, 0.25) is 0 Å². The number of rotatable bonds is 3. The van der Waals surface area contributed by atoms with Crippen molar-refractivity contribution in [3.63, 3.8) is 0 Å². The number of nitrogens with one attached hydrogen (secondary N) is 1. The summed E-state index contributed by atoms with van der Waals surface area (Å²) in [6.45, 7) is 3.71. The SMILES string of the molecule is Cc1cccc(CN2CCN(C(=O)c3cn[nH]n3)CC2=O)c1. The smallest absolute Gasteiger partial charge is 0.276 e. The number of piperazine rings is 1. The Kier molecular flexibility index (Phi) is 3.86. The molecule has 114 valence electrons. The van der Waals surface area contributed by atoms with Crippen molar-refractivity contribution < 1.29 is 9.59 Å². The lowest BCUT2D eigenvalue weighted by Crippen LogP contribution is -2.51. The molecule has 1 saturated heterocycles. The molecule has 1 N–H and O–H groups in total. The molecule has 0 atom stereocenters. The van der Waals surface area contributed by atoms with Crippen molar-refractivity contribution in [2.75, 3.05) is 19.6 Å². The maximum absolute atomic E-state index is 12.3. The number of nitrogens with zero attached hydrogens (tertiary/aromatic N) is 4. The molecule has 1 aromatic heterocycles. The van der Waals surface area contributed by atoms with Crippen LogP contribution in [0.4, 0.5) is 0 Å². The molecule has 0 saturated carbocycles. The second kappa shape index (κ2) is 5.97. The summed E-state index contributed by atoms with van der Waals surface area (Å²) in [4.78, 5) is 27.7. The minimum atomic E-state index is -0.266. The van der Waals surface area contributed by atoms with Crippen LogP contribution < -0.4 is 0 Å². The molecule has 2 amide bonds. The number of aromatic nitrogens is 3. The summed E-state index contributed by atoms with van der Waals surface area (Å²) in [6.07, 6.45) is 1.37. The average molecular weight is 299 g/mol. The summed E-state index contributed by atoms with van der Waals surface area (Å²) >= 11 is 0. The number of aryl methyl sites for hydroxylation is 1. The lowest BCUT2D eigenvalue weighted by Gasteiger charge is -2.34. The Hall–Kier alpha value is -2.70. The highest BCUT2D eigenvalue weighted by Crippen LogP contribution is 2.12. The van der Waals surface area contributed by atoms with E-state index < -0.39 is 0 Å². The second-order valence-electron chi connectivity index (χ2n) is 5.39. The van der Waals surface area contributed by atoms with Gasteiger partial charge in [-0.15, -0.1) is 0 Å². The first kappa shape index (κ1) is 14.2. The first-order valence-corrected chi connectivity index (χ1v) is 7.12. The molecular weight excluding hydrogens is 282 g/mol. The molecule has 3 rings (SSSR count). The van der Waals surface area contributed by atoms with Gasteiger partial charge < -0.3 is 9.80 Å². The molecule has 22 heavy (non-hydrogen) atoms. The van der Waals surface area contributed by atoms with E-state index in [2.05, 4.69) is 21.5 Å². The Labute approximate surface area is 127 Å². The zero-order chi connectivity index (χ0) is 15.5. The molecule has 0 radical (unpaired) electrons. The number of benzene rings is 1. The lowest BCUT2D eigenvalue weighted by molar-refractivity contribution is -0.135. The molecule has 0 bridgehead atoms. The largest absolute Gasteiger partial charge is 0.335 e. The van der Waals surface area contributed by atoms with Crippen LogP contribution in [0.15, 0.2) is 30.5 Å². The van der Waals surface area contributed by atoms with Crippen LogP contribution in [-0.4, -0.2) is 56.7 Å². The van der Waals surface area contributed by atoms with E-state index in [1.165, 1.54) is 16.7 Å². The highest BCUT2D eigenvalue weighted by atomic mass is 16.2. The van der Waals surface area contributed by atoms with E-state index >= 15 is 0 Å². The Morgan fingerprint density at radius 1 is 1.36 bits per heavy atom. The molecule has 1 aliphatic heterocycles. The molecule has 2 aromatic rings. The molecule has 2 heterocycles. The third-order valence-electron chi connectivity index (χ3n) is 3.70. The first-order valence-electron chi connectivity index (χ1n) is 7.12. The summed E-state index contributed by atoms with van der Waals surface area (Å²) < 4.78 is 0. The van der Waals surface area contributed by atoms with Crippen LogP contribution in [0, 0.1) is 6.92 Å². The van der Waals surface area contributed by atoms with Crippen LogP contribution in [0.25, 0.3) is 0 Å². The highest BCUT2D eigenvalue weighted by molar-refractivity contribution is 5.95. The van der Waals surface area contributed by atoms with Crippen molar-refractivity contribution in [1.29, 1.82) is 0 Å². The Morgan fingerprint density at radius 2 is 2.23 bits per heavy atom. The number of aromatic amines is 1. The van der Waals surface area contributed by atoms with Gasteiger partial charge in [-0.3, -0.25) is 9.59 Å². The molecule has 7 nitrogen and oxygen atoms in total. The maximum atomic E-state index is 12.3. The Bertz CT molecular complexity index is 683. The van der Waals surface area contributed by atoms with Gasteiger partial charge in [0.25, 0.3) is 5.91 Å². The third-order valence-corrected chi connectivity index (χ3v) is 3.70. The summed E-state index contributed by atoms with van der Waals surface area (Å²) in [7, 11) is 0. The van der Waals surface area contributed by atoms with Gasteiger partial charge in [-0.1, -0.05) is 29.8 Å². The quantitative estimate of drug-likeness (QED) is 0.899. The van der Waals surface area contributed by atoms with Crippen molar-refractivity contribution in [3.8, 4) is 0 Å². The number of hydrogen-bond acceptors (Lipinski definition) is 4. The van der Waals surface area contributed by atoms with E-state index in [0.29, 0.717) is 19.6 Å². The van der Waals surface area contributed by atoms with Gasteiger partial charge >= 0.3 is 0 Å². The predicted molar refractivity (Wildman–Crippen MR) is 78.9 cm³/mol. The number of carbonyl (C=O) groups excluding carboxylic acids is 2. The topological polar surface area (TPSA) is 82.2 Å². The van der Waals surface area contributed by atoms with Gasteiger partial charge in [0.2, 0.25) is 5.91 Å². The predicted octanol–water partition coefficient (Wildman–Crippen LogP) is 0.598. The number of amides is 2. The minimum Gasteiger partial charge on any atom is -0.335 e.